The highest BCUT2D eigenvalue weighted by atomic mass is 19.4. The Morgan fingerprint density at radius 1 is 0.951 bits per heavy atom. The fraction of sp³-hybridized carbons (Fsp3) is 0.323. The molecular weight excluding hydrogens is 533 g/mol. The number of aryl methyl sites for hydroxylation is 1. The Morgan fingerprint density at radius 3 is 2.22 bits per heavy atom. The van der Waals surface area contributed by atoms with Crippen LogP contribution in [0.1, 0.15) is 55.4 Å². The SMILES string of the molecule is Cc1ccc(NC(=O)NC2CC(c3ccccc3)c3cc(C(F)(F)F)ccc3N(CC(=O)NC(C)(C)C)C2=O)cc1. The average molecular weight is 567 g/mol. The molecule has 1 aliphatic heterocycles. The van der Waals surface area contributed by atoms with E-state index in [9.17, 15) is 27.6 Å². The zero-order valence-corrected chi connectivity index (χ0v) is 23.3. The number of nitrogens with one attached hydrogen (secondary N) is 3. The van der Waals surface area contributed by atoms with E-state index in [1.54, 1.807) is 63.2 Å². The standard InChI is InChI=1S/C31H33F3N4O3/c1-19-10-13-22(14-11-19)35-29(41)36-25-17-23(20-8-6-5-7-9-20)24-16-21(31(32,33)34)12-15-26(24)38(28(25)40)18-27(39)37-30(2,3)4/h5-16,23,25H,17-18H2,1-4H3,(H,37,39)(H2,35,36,41). The molecule has 3 N–H and O–H groups in total. The number of alkyl halides is 3. The minimum absolute atomic E-state index is 0.0180. The third kappa shape index (κ3) is 7.45. The van der Waals surface area contributed by atoms with Crippen molar-refractivity contribution in [3.05, 3.63) is 95.1 Å². The lowest BCUT2D eigenvalue weighted by molar-refractivity contribution is -0.137. The molecule has 0 bridgehead atoms. The summed E-state index contributed by atoms with van der Waals surface area (Å²) in [5.74, 6) is -1.77. The van der Waals surface area contributed by atoms with Crippen LogP contribution >= 0.6 is 0 Å². The van der Waals surface area contributed by atoms with Crippen molar-refractivity contribution in [1.82, 2.24) is 10.6 Å². The van der Waals surface area contributed by atoms with Crippen molar-refractivity contribution in [3.8, 4) is 0 Å². The fourth-order valence-corrected chi connectivity index (χ4v) is 4.87. The molecule has 0 radical (unpaired) electrons. The molecule has 0 aliphatic carbocycles. The second-order valence-electron chi connectivity index (χ2n) is 11.2. The van der Waals surface area contributed by atoms with E-state index >= 15 is 0 Å². The van der Waals surface area contributed by atoms with Crippen LogP contribution in [-0.2, 0) is 15.8 Å². The maximum Gasteiger partial charge on any atom is 0.416 e. The summed E-state index contributed by atoms with van der Waals surface area (Å²) >= 11 is 0. The Hall–Kier alpha value is -4.34. The van der Waals surface area contributed by atoms with Gasteiger partial charge in [0.2, 0.25) is 11.8 Å². The van der Waals surface area contributed by atoms with Crippen molar-refractivity contribution >= 4 is 29.2 Å². The van der Waals surface area contributed by atoms with E-state index in [0.29, 0.717) is 11.3 Å². The van der Waals surface area contributed by atoms with Gasteiger partial charge in [-0.05, 0) is 75.6 Å². The maximum atomic E-state index is 14.0. The number of carbonyl (C=O) groups excluding carboxylic acids is 3. The number of hydrogen-bond donors (Lipinski definition) is 3. The number of urea groups is 1. The van der Waals surface area contributed by atoms with Crippen LogP contribution in [0, 0.1) is 6.92 Å². The molecule has 3 aromatic rings. The summed E-state index contributed by atoms with van der Waals surface area (Å²) in [7, 11) is 0. The molecule has 3 aromatic carbocycles. The van der Waals surface area contributed by atoms with E-state index in [-0.39, 0.29) is 17.7 Å². The molecule has 0 saturated heterocycles. The Labute approximate surface area is 237 Å². The number of benzene rings is 3. The predicted octanol–water partition coefficient (Wildman–Crippen LogP) is 5.99. The van der Waals surface area contributed by atoms with Gasteiger partial charge < -0.3 is 20.9 Å². The Balaban J connectivity index is 1.78. The summed E-state index contributed by atoms with van der Waals surface area (Å²) in [5, 5.41) is 8.20. The van der Waals surface area contributed by atoms with E-state index < -0.39 is 53.6 Å². The first-order chi connectivity index (χ1) is 19.2. The molecule has 2 atom stereocenters. The summed E-state index contributed by atoms with van der Waals surface area (Å²) < 4.78 is 41.5. The van der Waals surface area contributed by atoms with Crippen LogP contribution in [-0.4, -0.2) is 36.0 Å². The quantitative estimate of drug-likeness (QED) is 0.355. The molecule has 2 unspecified atom stereocenters. The molecule has 41 heavy (non-hydrogen) atoms. The monoisotopic (exact) mass is 566 g/mol. The van der Waals surface area contributed by atoms with Crippen molar-refractivity contribution in [2.45, 2.75) is 57.8 Å². The van der Waals surface area contributed by atoms with Gasteiger partial charge in [0.05, 0.1) is 5.56 Å². The first-order valence-corrected chi connectivity index (χ1v) is 13.2. The van der Waals surface area contributed by atoms with Crippen LogP contribution in [0.15, 0.2) is 72.8 Å². The Morgan fingerprint density at radius 2 is 1.61 bits per heavy atom. The molecular formula is C31H33F3N4O3. The molecule has 0 saturated carbocycles. The lowest BCUT2D eigenvalue weighted by Gasteiger charge is -2.28. The number of hydrogen-bond acceptors (Lipinski definition) is 3. The largest absolute Gasteiger partial charge is 0.416 e. The fourth-order valence-electron chi connectivity index (χ4n) is 4.87. The van der Waals surface area contributed by atoms with Gasteiger partial charge in [0.1, 0.15) is 12.6 Å². The first-order valence-electron chi connectivity index (χ1n) is 13.2. The molecule has 4 rings (SSSR count). The van der Waals surface area contributed by atoms with Crippen molar-refractivity contribution in [2.75, 3.05) is 16.8 Å². The van der Waals surface area contributed by atoms with Gasteiger partial charge in [-0.15, -0.1) is 0 Å². The van der Waals surface area contributed by atoms with Crippen LogP contribution in [0.5, 0.6) is 0 Å². The lowest BCUT2D eigenvalue weighted by Crippen LogP contribution is -2.53. The summed E-state index contributed by atoms with van der Waals surface area (Å²) in [6.07, 6.45) is -4.64. The van der Waals surface area contributed by atoms with Gasteiger partial charge >= 0.3 is 12.2 Å². The van der Waals surface area contributed by atoms with Gasteiger partial charge in [-0.25, -0.2) is 4.79 Å². The average Bonchev–Trinajstić information content (AvgIpc) is 2.99. The highest BCUT2D eigenvalue weighted by Gasteiger charge is 2.40. The molecule has 216 valence electrons. The van der Waals surface area contributed by atoms with Crippen molar-refractivity contribution < 1.29 is 27.6 Å². The number of fused-ring (bicyclic) bond motifs is 1. The molecule has 4 amide bonds. The van der Waals surface area contributed by atoms with Gasteiger partial charge in [0.15, 0.2) is 0 Å². The van der Waals surface area contributed by atoms with E-state index in [4.69, 9.17) is 0 Å². The highest BCUT2D eigenvalue weighted by molar-refractivity contribution is 6.05. The van der Waals surface area contributed by atoms with Crippen LogP contribution in [0.25, 0.3) is 0 Å². The van der Waals surface area contributed by atoms with Gasteiger partial charge in [0, 0.05) is 22.8 Å². The van der Waals surface area contributed by atoms with Crippen LogP contribution < -0.4 is 20.9 Å². The maximum absolute atomic E-state index is 14.0. The smallest absolute Gasteiger partial charge is 0.350 e. The zero-order chi connectivity index (χ0) is 29.9. The van der Waals surface area contributed by atoms with Crippen LogP contribution in [0.3, 0.4) is 0 Å². The van der Waals surface area contributed by atoms with E-state index in [1.807, 2.05) is 19.1 Å². The Bertz CT molecular complexity index is 1420. The number of rotatable bonds is 5. The summed E-state index contributed by atoms with van der Waals surface area (Å²) in [6.45, 7) is 6.81. The highest BCUT2D eigenvalue weighted by Crippen LogP contribution is 2.42. The van der Waals surface area contributed by atoms with Gasteiger partial charge in [-0.2, -0.15) is 13.2 Å². The van der Waals surface area contributed by atoms with Crippen molar-refractivity contribution in [2.24, 2.45) is 0 Å². The molecule has 0 spiro atoms. The molecule has 10 heteroatoms. The second-order valence-corrected chi connectivity index (χ2v) is 11.2. The van der Waals surface area contributed by atoms with Crippen molar-refractivity contribution in [1.29, 1.82) is 0 Å². The minimum Gasteiger partial charge on any atom is -0.350 e. The molecule has 0 fully saturated rings. The van der Waals surface area contributed by atoms with Gasteiger partial charge in [0.25, 0.3) is 0 Å². The Kier molecular flexibility index (Phi) is 8.42. The molecule has 7 nitrogen and oxygen atoms in total. The third-order valence-electron chi connectivity index (χ3n) is 6.69. The van der Waals surface area contributed by atoms with Crippen LogP contribution in [0.2, 0.25) is 0 Å². The number of carbonyl (C=O) groups is 3. The molecule has 0 aromatic heterocycles. The minimum atomic E-state index is -4.62. The normalized spacial score (nSPS) is 17.3. The zero-order valence-electron chi connectivity index (χ0n) is 23.3. The summed E-state index contributed by atoms with van der Waals surface area (Å²) in [5.41, 5.74) is 1.14. The number of anilines is 2. The number of halogens is 3. The van der Waals surface area contributed by atoms with Gasteiger partial charge in [-0.3, -0.25) is 9.59 Å². The van der Waals surface area contributed by atoms with E-state index in [1.165, 1.54) is 6.07 Å². The van der Waals surface area contributed by atoms with Crippen LogP contribution in [0.4, 0.5) is 29.3 Å². The van der Waals surface area contributed by atoms with E-state index in [2.05, 4.69) is 16.0 Å². The molecule has 1 aliphatic rings. The summed E-state index contributed by atoms with van der Waals surface area (Å²) in [6, 6.07) is 17.3. The number of nitrogens with zero attached hydrogens (tertiary/aromatic N) is 1. The van der Waals surface area contributed by atoms with Gasteiger partial charge in [-0.1, -0.05) is 48.0 Å². The topological polar surface area (TPSA) is 90.5 Å². The molecule has 1 heterocycles. The number of amides is 4. The lowest BCUT2D eigenvalue weighted by atomic mass is 9.85. The summed E-state index contributed by atoms with van der Waals surface area (Å²) in [4.78, 5) is 41.2. The predicted molar refractivity (Wildman–Crippen MR) is 152 cm³/mol. The van der Waals surface area contributed by atoms with Crippen molar-refractivity contribution in [3.63, 3.8) is 0 Å². The third-order valence-corrected chi connectivity index (χ3v) is 6.69. The second kappa shape index (κ2) is 11.6. The van der Waals surface area contributed by atoms with E-state index in [0.717, 1.165) is 22.6 Å². The first kappa shape index (κ1) is 29.6.